The average molecular weight is 446 g/mol. The van der Waals surface area contributed by atoms with E-state index < -0.39 is 17.7 Å². The molecule has 2 aromatic carbocycles. The highest BCUT2D eigenvalue weighted by Crippen LogP contribution is 2.39. The Kier molecular flexibility index (Phi) is 6.58. The Hall–Kier alpha value is -3.87. The van der Waals surface area contributed by atoms with Crippen molar-refractivity contribution in [3.05, 3.63) is 90.0 Å². The summed E-state index contributed by atoms with van der Waals surface area (Å²) < 4.78 is 7.59. The smallest absolute Gasteiger partial charge is 0.295 e. The molecule has 170 valence electrons. The van der Waals surface area contributed by atoms with E-state index in [1.807, 2.05) is 54.9 Å². The molecule has 1 saturated heterocycles. The lowest BCUT2D eigenvalue weighted by atomic mass is 9.95. The molecule has 7 nitrogen and oxygen atoms in total. The fourth-order valence-corrected chi connectivity index (χ4v) is 4.05. The molecule has 1 atom stereocenters. The number of imidazole rings is 1. The summed E-state index contributed by atoms with van der Waals surface area (Å²) in [5, 5.41) is 11.1. The second-order valence-electron chi connectivity index (χ2n) is 8.25. The molecule has 1 fully saturated rings. The van der Waals surface area contributed by atoms with Crippen molar-refractivity contribution in [1.82, 2.24) is 14.5 Å². The van der Waals surface area contributed by atoms with Crippen molar-refractivity contribution in [2.45, 2.75) is 39.0 Å². The van der Waals surface area contributed by atoms with Crippen LogP contribution in [-0.4, -0.2) is 43.9 Å². The molecular formula is C26H27N3O4. The lowest BCUT2D eigenvalue weighted by Gasteiger charge is -2.25. The molecule has 3 aromatic rings. The summed E-state index contributed by atoms with van der Waals surface area (Å²) >= 11 is 0. The van der Waals surface area contributed by atoms with Crippen molar-refractivity contribution in [2.75, 3.05) is 6.54 Å². The molecular weight excluding hydrogens is 418 g/mol. The number of benzene rings is 2. The summed E-state index contributed by atoms with van der Waals surface area (Å²) in [4.78, 5) is 31.6. The van der Waals surface area contributed by atoms with Gasteiger partial charge in [-0.1, -0.05) is 30.3 Å². The fourth-order valence-electron chi connectivity index (χ4n) is 4.05. The van der Waals surface area contributed by atoms with Crippen LogP contribution in [0.1, 0.15) is 37.4 Å². The van der Waals surface area contributed by atoms with E-state index in [0.717, 1.165) is 5.56 Å². The zero-order valence-electron chi connectivity index (χ0n) is 18.7. The minimum atomic E-state index is -0.675. The van der Waals surface area contributed by atoms with Gasteiger partial charge in [-0.05, 0) is 50.1 Å². The predicted octanol–water partition coefficient (Wildman–Crippen LogP) is 4.18. The van der Waals surface area contributed by atoms with Gasteiger partial charge in [0.15, 0.2) is 0 Å². The number of nitrogens with zero attached hydrogens (tertiary/aromatic N) is 3. The van der Waals surface area contributed by atoms with Crippen LogP contribution in [-0.2, 0) is 16.1 Å². The number of Topliss-reactive ketones (excluding diaryl/α,β-unsaturated/α-hetero) is 1. The number of ketones is 1. The van der Waals surface area contributed by atoms with Crippen LogP contribution in [0.5, 0.6) is 5.75 Å². The van der Waals surface area contributed by atoms with Crippen LogP contribution < -0.4 is 4.74 Å². The molecule has 0 spiro atoms. The van der Waals surface area contributed by atoms with Gasteiger partial charge in [0, 0.05) is 31.0 Å². The Balaban J connectivity index is 1.67. The number of aliphatic hydroxyl groups is 1. The van der Waals surface area contributed by atoms with Gasteiger partial charge in [0.1, 0.15) is 11.5 Å². The normalized spacial score (nSPS) is 17.7. The second-order valence-corrected chi connectivity index (χ2v) is 8.25. The molecule has 0 bridgehead atoms. The Morgan fingerprint density at radius 1 is 1.06 bits per heavy atom. The highest BCUT2D eigenvalue weighted by Gasteiger charge is 2.45. The largest absolute Gasteiger partial charge is 0.507 e. The minimum Gasteiger partial charge on any atom is -0.507 e. The number of aliphatic hydroxyl groups excluding tert-OH is 1. The first-order valence-electron chi connectivity index (χ1n) is 11.0. The predicted molar refractivity (Wildman–Crippen MR) is 125 cm³/mol. The number of aryl methyl sites for hydroxylation is 1. The Labute approximate surface area is 192 Å². The van der Waals surface area contributed by atoms with E-state index in [4.69, 9.17) is 4.74 Å². The quantitative estimate of drug-likeness (QED) is 0.319. The molecule has 1 N–H and O–H groups in total. The third-order valence-corrected chi connectivity index (χ3v) is 5.53. The van der Waals surface area contributed by atoms with Gasteiger partial charge in [-0.25, -0.2) is 4.98 Å². The number of carbonyl (C=O) groups is 2. The van der Waals surface area contributed by atoms with Gasteiger partial charge in [-0.2, -0.15) is 0 Å². The van der Waals surface area contributed by atoms with Crippen molar-refractivity contribution < 1.29 is 19.4 Å². The number of carbonyl (C=O) groups excluding carboxylic acids is 2. The third-order valence-electron chi connectivity index (χ3n) is 5.53. The molecule has 1 amide bonds. The second kappa shape index (κ2) is 9.73. The summed E-state index contributed by atoms with van der Waals surface area (Å²) in [7, 11) is 0. The summed E-state index contributed by atoms with van der Waals surface area (Å²) in [5.74, 6) is -0.793. The van der Waals surface area contributed by atoms with Crippen LogP contribution in [0.2, 0.25) is 0 Å². The van der Waals surface area contributed by atoms with E-state index in [-0.39, 0.29) is 17.4 Å². The lowest BCUT2D eigenvalue weighted by Crippen LogP contribution is -2.31. The van der Waals surface area contributed by atoms with Crippen LogP contribution in [0.25, 0.3) is 5.76 Å². The van der Waals surface area contributed by atoms with Gasteiger partial charge in [0.25, 0.3) is 11.7 Å². The zero-order chi connectivity index (χ0) is 23.4. The van der Waals surface area contributed by atoms with Crippen LogP contribution in [0.15, 0.2) is 78.9 Å². The Bertz CT molecular complexity index is 1140. The maximum Gasteiger partial charge on any atom is 0.295 e. The number of amides is 1. The van der Waals surface area contributed by atoms with Crippen molar-refractivity contribution in [3.63, 3.8) is 0 Å². The van der Waals surface area contributed by atoms with Gasteiger partial charge in [0.05, 0.1) is 24.0 Å². The molecule has 0 radical (unpaired) electrons. The third kappa shape index (κ3) is 4.82. The summed E-state index contributed by atoms with van der Waals surface area (Å²) in [6.45, 7) is 4.91. The van der Waals surface area contributed by atoms with Crippen molar-refractivity contribution in [2.24, 2.45) is 0 Å². The number of likely N-dealkylation sites (tertiary alicyclic amines) is 1. The number of hydrogen-bond acceptors (Lipinski definition) is 5. The van der Waals surface area contributed by atoms with Crippen LogP contribution in [0, 0.1) is 0 Å². The van der Waals surface area contributed by atoms with Gasteiger partial charge >= 0.3 is 0 Å². The zero-order valence-corrected chi connectivity index (χ0v) is 18.7. The van der Waals surface area contributed by atoms with E-state index in [0.29, 0.717) is 30.8 Å². The summed E-state index contributed by atoms with van der Waals surface area (Å²) in [6.07, 6.45) is 5.95. The highest BCUT2D eigenvalue weighted by atomic mass is 16.5. The van der Waals surface area contributed by atoms with E-state index >= 15 is 0 Å². The Morgan fingerprint density at radius 2 is 1.79 bits per heavy atom. The first-order valence-corrected chi connectivity index (χ1v) is 11.0. The van der Waals surface area contributed by atoms with Gasteiger partial charge in [-0.15, -0.1) is 0 Å². The van der Waals surface area contributed by atoms with Crippen molar-refractivity contribution in [1.29, 1.82) is 0 Å². The summed E-state index contributed by atoms with van der Waals surface area (Å²) in [5.41, 5.74) is 1.34. The lowest BCUT2D eigenvalue weighted by molar-refractivity contribution is -0.139. The molecule has 1 aliphatic heterocycles. The number of hydrogen-bond donors (Lipinski definition) is 1. The summed E-state index contributed by atoms with van der Waals surface area (Å²) in [6, 6.07) is 15.6. The molecule has 7 heteroatoms. The van der Waals surface area contributed by atoms with Gasteiger partial charge < -0.3 is 19.3 Å². The number of aromatic nitrogens is 2. The van der Waals surface area contributed by atoms with E-state index in [1.165, 1.54) is 0 Å². The molecule has 2 heterocycles. The van der Waals surface area contributed by atoms with Crippen molar-refractivity contribution in [3.8, 4) is 5.75 Å². The fraction of sp³-hybridized carbons (Fsp3) is 0.269. The molecule has 1 aromatic heterocycles. The van der Waals surface area contributed by atoms with E-state index in [1.54, 1.807) is 41.7 Å². The average Bonchev–Trinajstić information content (AvgIpc) is 3.41. The topological polar surface area (TPSA) is 84.7 Å². The standard InChI is InChI=1S/C26H27N3O4/c1-18(2)33-21-11-9-20(10-12-21)24(30)22-23(19-7-4-3-5-8-19)29(26(32)25(22)31)15-6-14-28-16-13-27-17-28/h3-5,7-13,16-18,23,30H,6,14-15H2,1-2H3/b24-22-. The maximum absolute atomic E-state index is 13.1. The minimum absolute atomic E-state index is 0.0233. The molecule has 0 saturated carbocycles. The first kappa shape index (κ1) is 22.3. The monoisotopic (exact) mass is 445 g/mol. The molecule has 4 rings (SSSR count). The maximum atomic E-state index is 13.1. The van der Waals surface area contributed by atoms with Crippen molar-refractivity contribution >= 4 is 17.4 Å². The molecule has 1 unspecified atom stereocenters. The van der Waals surface area contributed by atoms with E-state index in [9.17, 15) is 14.7 Å². The van der Waals surface area contributed by atoms with Crippen LogP contribution in [0.4, 0.5) is 0 Å². The van der Waals surface area contributed by atoms with E-state index in [2.05, 4.69) is 4.98 Å². The first-order chi connectivity index (χ1) is 16.0. The highest BCUT2D eigenvalue weighted by molar-refractivity contribution is 6.46. The number of rotatable bonds is 8. The Morgan fingerprint density at radius 3 is 2.42 bits per heavy atom. The van der Waals surface area contributed by atoms with Crippen LogP contribution >= 0.6 is 0 Å². The molecule has 0 aliphatic carbocycles. The molecule has 33 heavy (non-hydrogen) atoms. The van der Waals surface area contributed by atoms with Gasteiger partial charge in [-0.3, -0.25) is 9.59 Å². The van der Waals surface area contributed by atoms with Crippen LogP contribution in [0.3, 0.4) is 0 Å². The van der Waals surface area contributed by atoms with Gasteiger partial charge in [0.2, 0.25) is 0 Å². The molecule has 1 aliphatic rings. The SMILES string of the molecule is CC(C)Oc1ccc(/C(O)=C2/C(=O)C(=O)N(CCCn3ccnc3)C2c2ccccc2)cc1. The number of ether oxygens (including phenoxy) is 1.